The Morgan fingerprint density at radius 1 is 1.28 bits per heavy atom. The topological polar surface area (TPSA) is 100 Å². The van der Waals surface area contributed by atoms with Gasteiger partial charge in [-0.15, -0.1) is 6.58 Å². The zero-order valence-electron chi connectivity index (χ0n) is 17.5. The first-order valence-electron chi connectivity index (χ1n) is 10.1. The summed E-state index contributed by atoms with van der Waals surface area (Å²) in [5, 5.41) is 16.0. The molecule has 2 aromatic rings. The molecule has 0 saturated heterocycles. The Hall–Kier alpha value is -2.86. The van der Waals surface area contributed by atoms with Gasteiger partial charge >= 0.3 is 5.97 Å². The van der Waals surface area contributed by atoms with Gasteiger partial charge in [-0.3, -0.25) is 4.79 Å². The van der Waals surface area contributed by atoms with E-state index in [1.807, 2.05) is 50.2 Å². The van der Waals surface area contributed by atoms with Gasteiger partial charge in [0.25, 0.3) is 0 Å². The molecule has 0 radical (unpaired) electrons. The molecule has 0 spiro atoms. The second kappa shape index (κ2) is 14.2. The van der Waals surface area contributed by atoms with Crippen LogP contribution >= 0.6 is 0 Å². The Bertz CT molecular complexity index is 749. The van der Waals surface area contributed by atoms with E-state index >= 15 is 0 Å². The molecule has 6 nitrogen and oxygen atoms in total. The van der Waals surface area contributed by atoms with Crippen LogP contribution < -0.4 is 16.4 Å². The number of allylic oxidation sites excluding steroid dienone is 1. The fraction of sp³-hybridized carbons (Fsp3) is 0.391. The van der Waals surface area contributed by atoms with E-state index in [0.717, 1.165) is 49.3 Å². The standard InChI is InChI=1S/C20H28N4O2.C3H6/c1-2-17(20(25)26)16-7-3-6-15(14-16)9-13-22-10-5-12-23-18-8-4-11-24-19(18)21;1-3-2/h3-4,6-8,11,14,17,22-23H,2,5,9-10,12-13H2,1H3,(H2,21,24)(H,25,26);3H,1H2,2H3. The fourth-order valence-electron chi connectivity index (χ4n) is 2.88. The number of hydrogen-bond donors (Lipinski definition) is 4. The monoisotopic (exact) mass is 398 g/mol. The van der Waals surface area contributed by atoms with Gasteiger partial charge in [0, 0.05) is 12.7 Å². The summed E-state index contributed by atoms with van der Waals surface area (Å²) in [5.74, 6) is -0.662. The van der Waals surface area contributed by atoms with Crippen LogP contribution in [0.4, 0.5) is 11.5 Å². The van der Waals surface area contributed by atoms with Crippen LogP contribution in [0.3, 0.4) is 0 Å². The predicted octanol–water partition coefficient (Wildman–Crippen LogP) is 4.07. The van der Waals surface area contributed by atoms with Crippen molar-refractivity contribution in [1.29, 1.82) is 0 Å². The maximum atomic E-state index is 11.3. The van der Waals surface area contributed by atoms with Crippen molar-refractivity contribution >= 4 is 17.5 Å². The molecular formula is C23H34N4O2. The van der Waals surface area contributed by atoms with Crippen LogP contribution in [0.15, 0.2) is 55.3 Å². The van der Waals surface area contributed by atoms with E-state index in [-0.39, 0.29) is 0 Å². The molecule has 6 heteroatoms. The molecule has 1 aromatic carbocycles. The Morgan fingerprint density at radius 3 is 2.69 bits per heavy atom. The van der Waals surface area contributed by atoms with Gasteiger partial charge in [0.1, 0.15) is 5.82 Å². The van der Waals surface area contributed by atoms with Gasteiger partial charge in [-0.05, 0) is 62.5 Å². The third-order valence-corrected chi connectivity index (χ3v) is 4.33. The molecule has 158 valence electrons. The van der Waals surface area contributed by atoms with Crippen LogP contribution in [-0.4, -0.2) is 35.7 Å². The Balaban J connectivity index is 0.00000132. The minimum Gasteiger partial charge on any atom is -0.481 e. The second-order valence-corrected chi connectivity index (χ2v) is 6.67. The predicted molar refractivity (Wildman–Crippen MR) is 121 cm³/mol. The first-order chi connectivity index (χ1) is 14.0. The number of anilines is 2. The van der Waals surface area contributed by atoms with Gasteiger partial charge in [0.15, 0.2) is 0 Å². The summed E-state index contributed by atoms with van der Waals surface area (Å²) in [6.07, 6.45) is 5.89. The van der Waals surface area contributed by atoms with Gasteiger partial charge in [-0.2, -0.15) is 0 Å². The molecule has 0 saturated carbocycles. The molecule has 1 unspecified atom stereocenters. The van der Waals surface area contributed by atoms with Crippen LogP contribution in [0.25, 0.3) is 0 Å². The molecular weight excluding hydrogens is 364 g/mol. The molecule has 1 aromatic heterocycles. The highest BCUT2D eigenvalue weighted by molar-refractivity contribution is 5.76. The normalized spacial score (nSPS) is 11.1. The number of benzene rings is 1. The average Bonchev–Trinajstić information content (AvgIpc) is 2.70. The van der Waals surface area contributed by atoms with Crippen molar-refractivity contribution < 1.29 is 9.90 Å². The summed E-state index contributed by atoms with van der Waals surface area (Å²) in [5.41, 5.74) is 8.70. The first kappa shape index (κ1) is 24.2. The molecule has 5 N–H and O–H groups in total. The van der Waals surface area contributed by atoms with Crippen LogP contribution in [0.2, 0.25) is 0 Å². The molecule has 0 fully saturated rings. The van der Waals surface area contributed by atoms with Crippen molar-refractivity contribution in [2.24, 2.45) is 0 Å². The fourth-order valence-corrected chi connectivity index (χ4v) is 2.88. The van der Waals surface area contributed by atoms with E-state index < -0.39 is 11.9 Å². The van der Waals surface area contributed by atoms with Crippen molar-refractivity contribution in [3.8, 4) is 0 Å². The Morgan fingerprint density at radius 2 is 2.03 bits per heavy atom. The number of aliphatic carboxylic acids is 1. The highest BCUT2D eigenvalue weighted by atomic mass is 16.4. The van der Waals surface area contributed by atoms with E-state index in [0.29, 0.717) is 12.2 Å². The van der Waals surface area contributed by atoms with Crippen LogP contribution in [0.1, 0.15) is 43.7 Å². The van der Waals surface area contributed by atoms with E-state index in [2.05, 4.69) is 22.2 Å². The number of carbonyl (C=O) groups is 1. The molecule has 1 atom stereocenters. The summed E-state index contributed by atoms with van der Waals surface area (Å²) in [7, 11) is 0. The van der Waals surface area contributed by atoms with Gasteiger partial charge in [-0.25, -0.2) is 4.98 Å². The number of aromatic nitrogens is 1. The summed E-state index contributed by atoms with van der Waals surface area (Å²) in [6, 6.07) is 11.7. The molecule has 29 heavy (non-hydrogen) atoms. The number of pyridine rings is 1. The molecule has 1 heterocycles. The third-order valence-electron chi connectivity index (χ3n) is 4.33. The quantitative estimate of drug-likeness (QED) is 0.336. The Kier molecular flexibility index (Phi) is 11.8. The van der Waals surface area contributed by atoms with Crippen molar-refractivity contribution in [3.05, 3.63) is 66.4 Å². The summed E-state index contributed by atoms with van der Waals surface area (Å²) < 4.78 is 0. The number of nitrogens with one attached hydrogen (secondary N) is 2. The minimum absolute atomic E-state index is 0.422. The van der Waals surface area contributed by atoms with E-state index in [1.165, 1.54) is 0 Å². The second-order valence-electron chi connectivity index (χ2n) is 6.67. The van der Waals surface area contributed by atoms with Gasteiger partial charge in [0.2, 0.25) is 0 Å². The van der Waals surface area contributed by atoms with E-state index in [9.17, 15) is 9.90 Å². The highest BCUT2D eigenvalue weighted by Gasteiger charge is 2.17. The van der Waals surface area contributed by atoms with Crippen LogP contribution in [-0.2, 0) is 11.2 Å². The minimum atomic E-state index is -0.760. The number of rotatable bonds is 11. The lowest BCUT2D eigenvalue weighted by molar-refractivity contribution is -0.138. The van der Waals surface area contributed by atoms with Crippen molar-refractivity contribution in [2.45, 2.75) is 39.0 Å². The number of hydrogen-bond acceptors (Lipinski definition) is 5. The summed E-state index contributed by atoms with van der Waals surface area (Å²) >= 11 is 0. The zero-order valence-corrected chi connectivity index (χ0v) is 17.5. The molecule has 0 aliphatic carbocycles. The highest BCUT2D eigenvalue weighted by Crippen LogP contribution is 2.21. The van der Waals surface area contributed by atoms with Crippen molar-refractivity contribution in [2.75, 3.05) is 30.7 Å². The lowest BCUT2D eigenvalue weighted by Crippen LogP contribution is -2.21. The molecule has 0 amide bonds. The summed E-state index contributed by atoms with van der Waals surface area (Å²) in [6.45, 7) is 9.75. The molecule has 0 aliphatic heterocycles. The van der Waals surface area contributed by atoms with Crippen molar-refractivity contribution in [3.63, 3.8) is 0 Å². The Labute approximate surface area is 174 Å². The van der Waals surface area contributed by atoms with Crippen LogP contribution in [0, 0.1) is 0 Å². The number of nitrogens with two attached hydrogens (primary N) is 1. The van der Waals surface area contributed by atoms with Gasteiger partial charge in [0.05, 0.1) is 11.6 Å². The maximum Gasteiger partial charge on any atom is 0.310 e. The molecule has 0 bridgehead atoms. The number of carboxylic acid groups (broad SMARTS) is 1. The maximum absolute atomic E-state index is 11.3. The number of nitrogen functional groups attached to an aromatic ring is 1. The molecule has 2 rings (SSSR count). The number of carboxylic acids is 1. The molecule has 0 aliphatic rings. The lowest BCUT2D eigenvalue weighted by atomic mass is 9.94. The van der Waals surface area contributed by atoms with E-state index in [1.54, 1.807) is 12.3 Å². The van der Waals surface area contributed by atoms with Crippen LogP contribution in [0.5, 0.6) is 0 Å². The third kappa shape index (κ3) is 9.25. The van der Waals surface area contributed by atoms with E-state index in [4.69, 9.17) is 5.73 Å². The largest absolute Gasteiger partial charge is 0.481 e. The summed E-state index contributed by atoms with van der Waals surface area (Å²) in [4.78, 5) is 15.3. The van der Waals surface area contributed by atoms with Gasteiger partial charge in [-0.1, -0.05) is 37.3 Å². The zero-order chi connectivity index (χ0) is 21.5. The SMILES string of the molecule is C=CC.CCC(C(=O)O)c1cccc(CCNCCCNc2cccnc2N)c1. The average molecular weight is 399 g/mol. The number of nitrogens with zero attached hydrogens (tertiary/aromatic N) is 1. The first-order valence-corrected chi connectivity index (χ1v) is 10.1. The van der Waals surface area contributed by atoms with Crippen molar-refractivity contribution in [1.82, 2.24) is 10.3 Å². The smallest absolute Gasteiger partial charge is 0.310 e. The lowest BCUT2D eigenvalue weighted by Gasteiger charge is -2.12. The van der Waals surface area contributed by atoms with Gasteiger partial charge < -0.3 is 21.5 Å².